The van der Waals surface area contributed by atoms with Crippen LogP contribution in [-0.4, -0.2) is 87.5 Å². The molecule has 1 aliphatic rings. The van der Waals surface area contributed by atoms with Gasteiger partial charge in [0.25, 0.3) is 0 Å². The zero-order valence-electron chi connectivity index (χ0n) is 50.7. The Kier molecular flexibility index (Phi) is 54.6. The van der Waals surface area contributed by atoms with Gasteiger partial charge in [0.1, 0.15) is 24.4 Å². The van der Waals surface area contributed by atoms with E-state index in [1.165, 1.54) is 212 Å². The van der Waals surface area contributed by atoms with Gasteiger partial charge in [0.15, 0.2) is 6.29 Å². The fourth-order valence-corrected chi connectivity index (χ4v) is 10.4. The number of hydrogen-bond acceptors (Lipinski definition) is 8. The van der Waals surface area contributed by atoms with Gasteiger partial charge in [0.2, 0.25) is 5.91 Å². The smallest absolute Gasteiger partial charge is 0.220 e. The lowest BCUT2D eigenvalue weighted by Crippen LogP contribution is -2.60. The number of ether oxygens (including phenoxy) is 2. The van der Waals surface area contributed by atoms with Crippen LogP contribution in [0.3, 0.4) is 0 Å². The Morgan fingerprint density at radius 3 is 1.18 bits per heavy atom. The van der Waals surface area contributed by atoms with Gasteiger partial charge in [0.05, 0.1) is 25.4 Å². The Morgan fingerprint density at radius 1 is 0.449 bits per heavy atom. The van der Waals surface area contributed by atoms with Crippen LogP contribution in [0.1, 0.15) is 303 Å². The molecule has 0 spiro atoms. The van der Waals surface area contributed by atoms with Crippen LogP contribution in [0.25, 0.3) is 0 Å². The summed E-state index contributed by atoms with van der Waals surface area (Å²) in [5.74, 6) is -0.173. The summed E-state index contributed by atoms with van der Waals surface area (Å²) < 4.78 is 11.3. The summed E-state index contributed by atoms with van der Waals surface area (Å²) in [6.07, 6.45) is 74.3. The van der Waals surface area contributed by atoms with E-state index in [0.717, 1.165) is 70.6 Å². The van der Waals surface area contributed by atoms with Crippen LogP contribution in [0.5, 0.6) is 0 Å². The molecule has 7 atom stereocenters. The molecule has 0 bridgehead atoms. The molecule has 6 N–H and O–H groups in total. The van der Waals surface area contributed by atoms with Crippen molar-refractivity contribution in [2.45, 2.75) is 346 Å². The second-order valence-corrected chi connectivity index (χ2v) is 22.9. The number of hydrogen-bond donors (Lipinski definition) is 6. The van der Waals surface area contributed by atoms with Gasteiger partial charge < -0.3 is 40.3 Å². The molecule has 1 aliphatic heterocycles. The average Bonchev–Trinajstić information content (AvgIpc) is 3.45. The molecule has 78 heavy (non-hydrogen) atoms. The zero-order chi connectivity index (χ0) is 56.5. The van der Waals surface area contributed by atoms with Crippen LogP contribution in [-0.2, 0) is 14.3 Å². The minimum atomic E-state index is -1.57. The summed E-state index contributed by atoms with van der Waals surface area (Å²) in [6, 6.07) is -0.805. The van der Waals surface area contributed by atoms with Crippen molar-refractivity contribution < 1.29 is 39.8 Å². The van der Waals surface area contributed by atoms with Crippen LogP contribution in [0.2, 0.25) is 0 Å². The lowest BCUT2D eigenvalue weighted by Gasteiger charge is -2.40. The fraction of sp³-hybridized carbons (Fsp3) is 0.812. The highest BCUT2D eigenvalue weighted by atomic mass is 16.7. The number of aliphatic hydroxyl groups is 5. The highest BCUT2D eigenvalue weighted by Gasteiger charge is 2.44. The number of rotatable bonds is 57. The maximum absolute atomic E-state index is 13.1. The number of aliphatic hydroxyl groups excluding tert-OH is 5. The van der Waals surface area contributed by atoms with E-state index in [1.54, 1.807) is 6.08 Å². The van der Waals surface area contributed by atoms with E-state index < -0.39 is 49.5 Å². The van der Waals surface area contributed by atoms with E-state index in [1.807, 2.05) is 6.08 Å². The van der Waals surface area contributed by atoms with Crippen LogP contribution in [0.4, 0.5) is 0 Å². The Morgan fingerprint density at radius 2 is 0.795 bits per heavy atom. The summed E-state index contributed by atoms with van der Waals surface area (Å²) in [7, 11) is 0. The molecular formula is C69H125NO8. The summed E-state index contributed by atoms with van der Waals surface area (Å²) in [5, 5.41) is 54.6. The Balaban J connectivity index is 2.06. The van der Waals surface area contributed by atoms with Gasteiger partial charge in [-0.25, -0.2) is 0 Å². The second kappa shape index (κ2) is 57.8. The van der Waals surface area contributed by atoms with Gasteiger partial charge in [0, 0.05) is 6.42 Å². The predicted molar refractivity (Wildman–Crippen MR) is 332 cm³/mol. The first-order valence-electron chi connectivity index (χ1n) is 33.2. The molecule has 1 saturated heterocycles. The third-order valence-corrected chi connectivity index (χ3v) is 15.5. The SMILES string of the molecule is CC/C=C\C/C=C\C/C=C\C/C=C\C/C=C\CCCCCCCCCCCCCCCCCCCCCCCCCC(=O)NC(COC1OC(CO)C(O)C(O)C1O)C(O)/C=C/CCCCCCCCCCCCCCCC. The molecule has 1 amide bonds. The fourth-order valence-electron chi connectivity index (χ4n) is 10.4. The van der Waals surface area contributed by atoms with Gasteiger partial charge in [-0.15, -0.1) is 0 Å². The molecule has 0 saturated carbocycles. The lowest BCUT2D eigenvalue weighted by molar-refractivity contribution is -0.302. The van der Waals surface area contributed by atoms with Gasteiger partial charge in [-0.3, -0.25) is 4.79 Å². The minimum absolute atomic E-state index is 0.173. The van der Waals surface area contributed by atoms with E-state index in [0.29, 0.717) is 6.42 Å². The first-order chi connectivity index (χ1) is 38.3. The molecule has 9 heteroatoms. The Hall–Kier alpha value is -2.37. The van der Waals surface area contributed by atoms with E-state index in [2.05, 4.69) is 79.9 Å². The van der Waals surface area contributed by atoms with Crippen molar-refractivity contribution >= 4 is 5.91 Å². The van der Waals surface area contributed by atoms with E-state index in [-0.39, 0.29) is 12.5 Å². The standard InChI is InChI=1S/C69H125NO8/c1-3-5-7-9-11-13-15-17-19-21-22-23-24-25-26-27-28-29-30-31-32-33-34-35-36-37-38-39-40-41-42-43-45-47-49-51-53-55-57-59-65(73)70-62(61-77-69-68(76)67(75)66(74)64(60-71)78-69)63(72)58-56-54-52-50-48-46-44-20-18-16-14-12-10-8-6-4-2/h5,7,11,13,17,19,22-23,25-26,56,58,62-64,66-69,71-72,74-76H,3-4,6,8-10,12,14-16,18,20-21,24,27-55,57,59-61H2,1-2H3,(H,70,73)/b7-5-,13-11-,19-17-,23-22-,26-25-,58-56+. The summed E-state index contributed by atoms with van der Waals surface area (Å²) in [4.78, 5) is 13.1. The van der Waals surface area contributed by atoms with Crippen LogP contribution < -0.4 is 5.32 Å². The van der Waals surface area contributed by atoms with Gasteiger partial charge in [-0.1, -0.05) is 305 Å². The number of carbonyl (C=O) groups excluding carboxylic acids is 1. The zero-order valence-corrected chi connectivity index (χ0v) is 50.7. The Labute approximate surface area is 480 Å². The molecule has 9 nitrogen and oxygen atoms in total. The Bertz CT molecular complexity index is 1460. The van der Waals surface area contributed by atoms with Crippen LogP contribution >= 0.6 is 0 Å². The highest BCUT2D eigenvalue weighted by molar-refractivity contribution is 5.76. The van der Waals surface area contributed by atoms with Crippen LogP contribution in [0, 0.1) is 0 Å². The third kappa shape index (κ3) is 46.3. The minimum Gasteiger partial charge on any atom is -0.394 e. The van der Waals surface area contributed by atoms with E-state index >= 15 is 0 Å². The molecule has 0 aromatic heterocycles. The van der Waals surface area contributed by atoms with Gasteiger partial charge in [-0.05, 0) is 64.2 Å². The van der Waals surface area contributed by atoms with E-state index in [4.69, 9.17) is 9.47 Å². The first kappa shape index (κ1) is 73.6. The molecular weight excluding hydrogens is 971 g/mol. The van der Waals surface area contributed by atoms with Crippen molar-refractivity contribution in [3.63, 3.8) is 0 Å². The molecule has 0 aromatic rings. The van der Waals surface area contributed by atoms with Crippen molar-refractivity contribution in [3.8, 4) is 0 Å². The number of nitrogens with one attached hydrogen (secondary N) is 1. The maximum atomic E-state index is 13.1. The third-order valence-electron chi connectivity index (χ3n) is 15.5. The predicted octanol–water partition coefficient (Wildman–Crippen LogP) is 17.6. The van der Waals surface area contributed by atoms with Gasteiger partial charge in [-0.2, -0.15) is 0 Å². The van der Waals surface area contributed by atoms with Crippen molar-refractivity contribution in [1.82, 2.24) is 5.32 Å². The molecule has 7 unspecified atom stereocenters. The topological polar surface area (TPSA) is 149 Å². The maximum Gasteiger partial charge on any atom is 0.220 e. The summed E-state index contributed by atoms with van der Waals surface area (Å²) in [6.45, 7) is 3.69. The second-order valence-electron chi connectivity index (χ2n) is 22.9. The van der Waals surface area contributed by atoms with Crippen LogP contribution in [0.15, 0.2) is 72.9 Å². The molecule has 1 fully saturated rings. The van der Waals surface area contributed by atoms with Crippen molar-refractivity contribution in [2.24, 2.45) is 0 Å². The summed E-state index contributed by atoms with van der Waals surface area (Å²) in [5.41, 5.74) is 0. The number of amides is 1. The molecule has 1 rings (SSSR count). The quantitative estimate of drug-likeness (QED) is 0.0261. The molecule has 454 valence electrons. The molecule has 1 heterocycles. The lowest BCUT2D eigenvalue weighted by atomic mass is 9.99. The average molecular weight is 1100 g/mol. The normalized spacial score (nSPS) is 19.1. The van der Waals surface area contributed by atoms with Crippen molar-refractivity contribution in [3.05, 3.63) is 72.9 Å². The number of allylic oxidation sites excluding steroid dienone is 11. The van der Waals surface area contributed by atoms with Gasteiger partial charge >= 0.3 is 0 Å². The molecule has 0 radical (unpaired) electrons. The molecule has 0 aromatic carbocycles. The first-order valence-corrected chi connectivity index (χ1v) is 33.2. The van der Waals surface area contributed by atoms with E-state index in [9.17, 15) is 30.3 Å². The monoisotopic (exact) mass is 1100 g/mol. The molecule has 0 aliphatic carbocycles. The van der Waals surface area contributed by atoms with Crippen molar-refractivity contribution in [1.29, 1.82) is 0 Å². The summed E-state index contributed by atoms with van der Waals surface area (Å²) >= 11 is 0. The highest BCUT2D eigenvalue weighted by Crippen LogP contribution is 2.23. The largest absolute Gasteiger partial charge is 0.394 e. The van der Waals surface area contributed by atoms with Crippen molar-refractivity contribution in [2.75, 3.05) is 13.2 Å². The number of carbonyl (C=O) groups is 1. The number of unbranched alkanes of at least 4 members (excludes halogenated alkanes) is 37.